The van der Waals surface area contributed by atoms with Gasteiger partial charge < -0.3 is 15.7 Å². The fourth-order valence-corrected chi connectivity index (χ4v) is 3.85. The summed E-state index contributed by atoms with van der Waals surface area (Å²) in [6.07, 6.45) is -3.92. The maximum atomic E-state index is 12.9. The van der Waals surface area contributed by atoms with Crippen molar-refractivity contribution in [2.24, 2.45) is 5.73 Å². The predicted molar refractivity (Wildman–Crippen MR) is 106 cm³/mol. The molecule has 0 spiro atoms. The van der Waals surface area contributed by atoms with Gasteiger partial charge in [0.25, 0.3) is 0 Å². The molecule has 1 heterocycles. The molecule has 2 aromatic rings. The van der Waals surface area contributed by atoms with Gasteiger partial charge in [0.05, 0.1) is 18.2 Å². The number of nitrogens with two attached hydrogens (primary N) is 1. The summed E-state index contributed by atoms with van der Waals surface area (Å²) in [6.45, 7) is 0.371. The number of carbonyl (C=O) groups excluding carboxylic acids is 1. The third kappa shape index (κ3) is 4.91. The second kappa shape index (κ2) is 8.84. The Kier molecular flexibility index (Phi) is 6.40. The third-order valence-electron chi connectivity index (χ3n) is 5.39. The molecule has 2 atom stereocenters. The number of primary amides is 1. The van der Waals surface area contributed by atoms with E-state index in [0.29, 0.717) is 25.1 Å². The minimum atomic E-state index is -4.41. The van der Waals surface area contributed by atoms with E-state index in [4.69, 9.17) is 15.7 Å². The fraction of sp³-hybridized carbons (Fsp3) is 0.333. The number of anilines is 1. The van der Waals surface area contributed by atoms with Crippen LogP contribution in [0, 0.1) is 0 Å². The van der Waals surface area contributed by atoms with Gasteiger partial charge in [-0.25, -0.2) is 9.59 Å². The van der Waals surface area contributed by atoms with Crippen LogP contribution in [0.4, 0.5) is 23.7 Å². The van der Waals surface area contributed by atoms with Crippen LogP contribution >= 0.6 is 0 Å². The van der Waals surface area contributed by atoms with E-state index in [1.807, 2.05) is 4.90 Å². The van der Waals surface area contributed by atoms with Crippen molar-refractivity contribution in [2.75, 3.05) is 18.6 Å². The molecule has 10 heteroatoms. The molecular weight excluding hydrogens is 415 g/mol. The summed E-state index contributed by atoms with van der Waals surface area (Å²) in [6, 6.07) is 10.4. The van der Waals surface area contributed by atoms with E-state index in [9.17, 15) is 22.8 Å². The number of hydrogen-bond acceptors (Lipinski definition) is 4. The lowest BCUT2D eigenvalue weighted by atomic mass is 9.88. The zero-order chi connectivity index (χ0) is 22.8. The number of hydroxylamine groups is 2. The third-order valence-corrected chi connectivity index (χ3v) is 5.39. The molecule has 0 radical (unpaired) electrons. The van der Waals surface area contributed by atoms with Gasteiger partial charge in [-0.1, -0.05) is 12.1 Å². The van der Waals surface area contributed by atoms with Gasteiger partial charge in [-0.3, -0.25) is 4.84 Å². The first kappa shape index (κ1) is 22.4. The number of halogens is 3. The Morgan fingerprint density at radius 3 is 2.19 bits per heavy atom. The minimum Gasteiger partial charge on any atom is -0.478 e. The maximum absolute atomic E-state index is 12.9. The van der Waals surface area contributed by atoms with Crippen molar-refractivity contribution in [1.82, 2.24) is 5.06 Å². The smallest absolute Gasteiger partial charge is 0.416 e. The molecule has 0 bridgehead atoms. The predicted octanol–water partition coefficient (Wildman–Crippen LogP) is 4.06. The summed E-state index contributed by atoms with van der Waals surface area (Å²) in [5, 5.41) is 10.2. The van der Waals surface area contributed by atoms with E-state index >= 15 is 0 Å². The van der Waals surface area contributed by atoms with Gasteiger partial charge in [0.1, 0.15) is 6.17 Å². The maximum Gasteiger partial charge on any atom is 0.416 e. The van der Waals surface area contributed by atoms with E-state index in [1.165, 1.54) is 31.4 Å². The first-order chi connectivity index (χ1) is 14.6. The van der Waals surface area contributed by atoms with Crippen LogP contribution in [-0.4, -0.2) is 42.0 Å². The van der Waals surface area contributed by atoms with Crippen LogP contribution in [0.25, 0.3) is 0 Å². The summed E-state index contributed by atoms with van der Waals surface area (Å²) in [4.78, 5) is 30.0. The molecule has 1 fully saturated rings. The van der Waals surface area contributed by atoms with Gasteiger partial charge in [0.2, 0.25) is 0 Å². The highest BCUT2D eigenvalue weighted by Crippen LogP contribution is 2.36. The standard InChI is InChI=1S/C21H22F3N3O4/c1-31-27(20(25)30)18-11-6-15(13-2-7-16(8-3-13)21(22,23)24)12-26(18)17-9-4-14(5-10-17)19(28)29/h2-5,7-10,15,18H,6,11-12H2,1H3,(H2,25,30)(H,28,29)/t15?,18-/m0/s1. The first-order valence-corrected chi connectivity index (χ1v) is 9.51. The highest BCUT2D eigenvalue weighted by atomic mass is 19.4. The Morgan fingerprint density at radius 2 is 1.71 bits per heavy atom. The first-order valence-electron chi connectivity index (χ1n) is 9.51. The number of piperidine rings is 1. The molecule has 0 aromatic heterocycles. The van der Waals surface area contributed by atoms with Gasteiger partial charge in [0.15, 0.2) is 0 Å². The van der Waals surface area contributed by atoms with Gasteiger partial charge in [-0.2, -0.15) is 18.2 Å². The van der Waals surface area contributed by atoms with E-state index in [2.05, 4.69) is 0 Å². The zero-order valence-corrected chi connectivity index (χ0v) is 16.7. The topological polar surface area (TPSA) is 96.1 Å². The van der Waals surface area contributed by atoms with Crippen molar-refractivity contribution < 1.29 is 32.7 Å². The molecule has 3 rings (SSSR count). The average Bonchev–Trinajstić information content (AvgIpc) is 2.74. The van der Waals surface area contributed by atoms with Crippen LogP contribution in [0.2, 0.25) is 0 Å². The number of carbonyl (C=O) groups is 2. The van der Waals surface area contributed by atoms with Crippen molar-refractivity contribution >= 4 is 17.7 Å². The van der Waals surface area contributed by atoms with Crippen molar-refractivity contribution in [3.8, 4) is 0 Å². The normalized spacial score (nSPS) is 19.2. The van der Waals surface area contributed by atoms with Gasteiger partial charge >= 0.3 is 18.2 Å². The molecule has 2 aromatic carbocycles. The molecule has 1 aliphatic heterocycles. The number of nitrogens with zero attached hydrogens (tertiary/aromatic N) is 2. The summed E-state index contributed by atoms with van der Waals surface area (Å²) in [5.74, 6) is -1.18. The van der Waals surface area contributed by atoms with Crippen LogP contribution < -0.4 is 10.6 Å². The Hall–Kier alpha value is -3.27. The van der Waals surface area contributed by atoms with Gasteiger partial charge in [-0.15, -0.1) is 0 Å². The number of benzene rings is 2. The Bertz CT molecular complexity index is 932. The molecule has 1 saturated heterocycles. The molecule has 3 N–H and O–H groups in total. The highest BCUT2D eigenvalue weighted by molar-refractivity contribution is 5.88. The molecule has 0 saturated carbocycles. The Labute approximate surface area is 176 Å². The summed E-state index contributed by atoms with van der Waals surface area (Å²) in [5.41, 5.74) is 6.20. The average molecular weight is 437 g/mol. The number of aromatic carboxylic acids is 1. The molecule has 31 heavy (non-hydrogen) atoms. The van der Waals surface area contributed by atoms with Crippen LogP contribution in [0.3, 0.4) is 0 Å². The summed E-state index contributed by atoms with van der Waals surface area (Å²) >= 11 is 0. The van der Waals surface area contributed by atoms with Crippen LogP contribution in [0.1, 0.15) is 40.2 Å². The summed E-state index contributed by atoms with van der Waals surface area (Å²) in [7, 11) is 1.32. The Balaban J connectivity index is 1.91. The number of amides is 2. The van der Waals surface area contributed by atoms with Gasteiger partial charge in [-0.05, 0) is 54.8 Å². The summed E-state index contributed by atoms with van der Waals surface area (Å²) < 4.78 is 38.6. The SMILES string of the molecule is CON(C(N)=O)[C@H]1CCC(c2ccc(C(F)(F)F)cc2)CN1c1ccc(C(=O)O)cc1. The van der Waals surface area contributed by atoms with Crippen LogP contribution in [0.15, 0.2) is 48.5 Å². The molecule has 166 valence electrons. The van der Waals surface area contributed by atoms with Crippen LogP contribution in [-0.2, 0) is 11.0 Å². The number of rotatable bonds is 5. The number of alkyl halides is 3. The molecule has 1 unspecified atom stereocenters. The second-order valence-electron chi connectivity index (χ2n) is 7.23. The minimum absolute atomic E-state index is 0.107. The molecular formula is C21H22F3N3O4. The Morgan fingerprint density at radius 1 is 1.10 bits per heavy atom. The second-order valence-corrected chi connectivity index (χ2v) is 7.23. The molecule has 1 aliphatic rings. The van der Waals surface area contributed by atoms with Crippen LogP contribution in [0.5, 0.6) is 0 Å². The van der Waals surface area contributed by atoms with Crippen molar-refractivity contribution in [3.63, 3.8) is 0 Å². The monoisotopic (exact) mass is 437 g/mol. The number of hydrogen-bond donors (Lipinski definition) is 2. The molecule has 7 nitrogen and oxygen atoms in total. The molecule has 2 amide bonds. The lowest BCUT2D eigenvalue weighted by Crippen LogP contribution is -2.55. The largest absolute Gasteiger partial charge is 0.478 e. The van der Waals surface area contributed by atoms with Crippen molar-refractivity contribution in [3.05, 3.63) is 65.2 Å². The lowest BCUT2D eigenvalue weighted by molar-refractivity contribution is -0.137. The fourth-order valence-electron chi connectivity index (χ4n) is 3.85. The highest BCUT2D eigenvalue weighted by Gasteiger charge is 2.36. The number of urea groups is 1. The number of carboxylic acids is 1. The van der Waals surface area contributed by atoms with E-state index in [0.717, 1.165) is 22.8 Å². The quantitative estimate of drug-likeness (QED) is 0.688. The molecule has 0 aliphatic carbocycles. The van der Waals surface area contributed by atoms with Crippen molar-refractivity contribution in [2.45, 2.75) is 31.1 Å². The zero-order valence-electron chi connectivity index (χ0n) is 16.7. The lowest BCUT2D eigenvalue weighted by Gasteiger charge is -2.44. The van der Waals surface area contributed by atoms with E-state index < -0.39 is 29.9 Å². The van der Waals surface area contributed by atoms with E-state index in [-0.39, 0.29) is 11.5 Å². The van der Waals surface area contributed by atoms with Crippen molar-refractivity contribution in [1.29, 1.82) is 0 Å². The number of carboxylic acid groups (broad SMARTS) is 1. The van der Waals surface area contributed by atoms with E-state index in [1.54, 1.807) is 12.1 Å². The van der Waals surface area contributed by atoms with Gasteiger partial charge in [0, 0.05) is 18.2 Å².